The number of guanidine groups is 1. The number of nitrogens with zero attached hydrogens (tertiary/aromatic N) is 3. The predicted molar refractivity (Wildman–Crippen MR) is 301 cm³/mol. The number of carbonyl (C=O) groups excluding carboxylic acids is 10. The van der Waals surface area contributed by atoms with Crippen molar-refractivity contribution in [2.24, 2.45) is 45.1 Å². The molecule has 1 aliphatic heterocycles. The maximum absolute atomic E-state index is 14.4. The second kappa shape index (κ2) is 39.0. The number of likely N-dealkylation sites (tertiary alicyclic amines) is 1. The molecule has 454 valence electrons. The number of imidazole rings is 1. The number of rotatable bonds is 39. The number of nitrogens with two attached hydrogens (primary N) is 7. The summed E-state index contributed by atoms with van der Waals surface area (Å²) in [7, 11) is 0. The molecule has 2 heterocycles. The summed E-state index contributed by atoms with van der Waals surface area (Å²) in [6.45, 7) is 3.92. The summed E-state index contributed by atoms with van der Waals surface area (Å²) in [4.78, 5) is 148. The van der Waals surface area contributed by atoms with Crippen molar-refractivity contribution in [1.29, 1.82) is 5.41 Å². The Morgan fingerprint density at radius 3 is 1.96 bits per heavy atom. The van der Waals surface area contributed by atoms with Gasteiger partial charge in [-0.1, -0.05) is 12.5 Å². The van der Waals surface area contributed by atoms with Gasteiger partial charge in [-0.25, -0.2) is 9.98 Å². The smallest absolute Gasteiger partial charge is 0.269 e. The Kier molecular flexibility index (Phi) is 33.6. The molecular formula is C50H89N21O10. The third kappa shape index (κ3) is 26.6. The molecule has 31 nitrogen and oxygen atoms in total. The van der Waals surface area contributed by atoms with Crippen LogP contribution in [0.5, 0.6) is 0 Å². The highest BCUT2D eigenvalue weighted by Gasteiger charge is 2.38. The number of carbonyl (C=O) groups is 10. The molecule has 0 aliphatic carbocycles. The van der Waals surface area contributed by atoms with Crippen molar-refractivity contribution in [3.05, 3.63) is 30.0 Å². The van der Waals surface area contributed by atoms with Crippen LogP contribution in [0.2, 0.25) is 0 Å². The van der Waals surface area contributed by atoms with E-state index >= 15 is 0 Å². The van der Waals surface area contributed by atoms with Gasteiger partial charge in [-0.3, -0.25) is 53.4 Å². The number of hydrogen-bond acceptors (Lipinski definition) is 18. The van der Waals surface area contributed by atoms with Crippen LogP contribution in [0.1, 0.15) is 109 Å². The van der Waals surface area contributed by atoms with Gasteiger partial charge in [0.25, 0.3) is 17.7 Å². The molecule has 1 fully saturated rings. The van der Waals surface area contributed by atoms with Crippen LogP contribution in [-0.2, 0) is 54.4 Å². The molecular weight excluding hydrogens is 1050 g/mol. The zero-order chi connectivity index (χ0) is 60.3. The van der Waals surface area contributed by atoms with Gasteiger partial charge in [0.15, 0.2) is 5.96 Å². The van der Waals surface area contributed by atoms with E-state index in [1.807, 2.05) is 0 Å². The molecule has 31 heteroatoms. The first-order valence-electron chi connectivity index (χ1n) is 27.5. The Balaban J connectivity index is 2.30. The van der Waals surface area contributed by atoms with Crippen LogP contribution in [0.25, 0.3) is 0 Å². The number of aromatic amines is 1. The lowest BCUT2D eigenvalue weighted by atomic mass is 10.1. The molecule has 0 unspecified atom stereocenters. The van der Waals surface area contributed by atoms with Gasteiger partial charge in [-0.15, -0.1) is 0 Å². The molecule has 1 saturated heterocycles. The third-order valence-electron chi connectivity index (χ3n) is 12.7. The average molecular weight is 1140 g/mol. The maximum atomic E-state index is 14.4. The van der Waals surface area contributed by atoms with E-state index in [0.717, 1.165) is 0 Å². The fourth-order valence-electron chi connectivity index (χ4n) is 8.11. The van der Waals surface area contributed by atoms with Gasteiger partial charge in [-0.05, 0) is 130 Å². The lowest BCUT2D eigenvalue weighted by molar-refractivity contribution is -0.136. The van der Waals surface area contributed by atoms with Crippen molar-refractivity contribution in [3.8, 4) is 0 Å². The summed E-state index contributed by atoms with van der Waals surface area (Å²) in [6.07, 6.45) is 8.58. The third-order valence-corrected chi connectivity index (χ3v) is 12.7. The Labute approximate surface area is 472 Å². The number of aliphatic imine (C=N–C) groups is 1. The lowest BCUT2D eigenvalue weighted by Gasteiger charge is -2.28. The first-order valence-corrected chi connectivity index (χ1v) is 27.5. The zero-order valence-corrected chi connectivity index (χ0v) is 46.7. The molecule has 1 aromatic heterocycles. The standard InChI is InChI=1S/C50H89N21O10/c1-30(41(73)60-23-8-7-20-53)64-44(76)35(15-10-24-61-50(57)58)68-46(78)34(13-4-6-19-52)69-47(79)38(26-32-27-59-29-63-32)70-48(80)39-16-11-25-71(39)49(81)37(14-9-21-54)66-40(72)28-62-42(74)31(2)65-45(77)36(17-22-55)67-43(75)33(56)12-3-5-18-51/h15,27,29-31,33-34,36,38-39H,3-14,16-26,28,51-56H2,1-2H3,(H,59,63)(H,60,73)(H,62,74)(H,64,76)(H,65,77)(H,67,75)(H,68,78)(H,69,79)(H,70,80)(H4,57,58,61)/b35-15-,66-37+/t30-,31-,33-,34-,36-,38-,39-/m0/s1. The Morgan fingerprint density at radius 2 is 1.32 bits per heavy atom. The summed E-state index contributed by atoms with van der Waals surface area (Å²) in [5, 5.41) is 30.8. The van der Waals surface area contributed by atoms with Gasteiger partial charge in [-0.2, -0.15) is 0 Å². The van der Waals surface area contributed by atoms with Gasteiger partial charge >= 0.3 is 0 Å². The molecule has 0 radical (unpaired) electrons. The van der Waals surface area contributed by atoms with E-state index in [9.17, 15) is 47.9 Å². The molecule has 1 aromatic rings. The molecule has 0 saturated carbocycles. The van der Waals surface area contributed by atoms with E-state index in [1.54, 1.807) is 0 Å². The summed E-state index contributed by atoms with van der Waals surface area (Å²) in [5.41, 5.74) is 39.6. The van der Waals surface area contributed by atoms with Crippen LogP contribution in [-0.4, -0.2) is 187 Å². The summed E-state index contributed by atoms with van der Waals surface area (Å²) in [6, 6.07) is -8.04. The Hall–Kier alpha value is -7.45. The van der Waals surface area contributed by atoms with Crippen molar-refractivity contribution in [2.75, 3.05) is 58.9 Å². The molecule has 0 spiro atoms. The predicted octanol–water partition coefficient (Wildman–Crippen LogP) is -6.11. The fraction of sp³-hybridized carbons (Fsp3) is 0.660. The Morgan fingerprint density at radius 1 is 0.704 bits per heavy atom. The van der Waals surface area contributed by atoms with Gasteiger partial charge in [0.2, 0.25) is 41.4 Å². The van der Waals surface area contributed by atoms with Crippen LogP contribution in [0, 0.1) is 5.41 Å². The SMILES string of the molecule is C[C@H](NC(=O)/C(=C/CCNC(=N)N)NC(=O)[C@H](CCCCN)NC(=O)[C@H](Cc1cnc[nH]1)NC(=O)[C@@H]1CCCN1C(=O)/C(CCCN)=N/C(=O)CNC(=O)[C@H](C)NC(=O)[C@H](CCN)NC(=O)[C@@H](N)CCCCN)C(=O)NCCCCN. The van der Waals surface area contributed by atoms with Crippen LogP contribution in [0.4, 0.5) is 0 Å². The number of H-pyrrole nitrogens is 1. The van der Waals surface area contributed by atoms with E-state index < -0.39 is 108 Å². The largest absolute Gasteiger partial charge is 0.370 e. The quantitative estimate of drug-likeness (QED) is 0.0126. The van der Waals surface area contributed by atoms with Gasteiger partial charge in [0, 0.05) is 37.9 Å². The minimum Gasteiger partial charge on any atom is -0.370 e. The highest BCUT2D eigenvalue weighted by molar-refractivity contribution is 6.40. The first-order chi connectivity index (χ1) is 38.7. The van der Waals surface area contributed by atoms with Crippen LogP contribution >= 0.6 is 0 Å². The van der Waals surface area contributed by atoms with Crippen molar-refractivity contribution < 1.29 is 47.9 Å². The summed E-state index contributed by atoms with van der Waals surface area (Å²) >= 11 is 0. The fourth-order valence-corrected chi connectivity index (χ4v) is 8.11. The zero-order valence-electron chi connectivity index (χ0n) is 46.7. The van der Waals surface area contributed by atoms with Crippen molar-refractivity contribution >= 4 is 70.7 Å². The number of unbranched alkanes of at least 4 members (excludes halogenated alkanes) is 3. The van der Waals surface area contributed by atoms with Crippen molar-refractivity contribution in [3.63, 3.8) is 0 Å². The molecule has 1 aliphatic rings. The molecule has 2 rings (SSSR count). The van der Waals surface area contributed by atoms with Crippen molar-refractivity contribution in [1.82, 2.24) is 62.7 Å². The number of hydrogen-bond donors (Lipinski definition) is 18. The number of amides is 10. The van der Waals surface area contributed by atoms with Gasteiger partial charge in [0.05, 0.1) is 18.9 Å². The number of aromatic nitrogens is 2. The first kappa shape index (κ1) is 69.7. The lowest BCUT2D eigenvalue weighted by Crippen LogP contribution is -2.57. The van der Waals surface area contributed by atoms with Crippen LogP contribution < -0.4 is 88.0 Å². The second-order valence-corrected chi connectivity index (χ2v) is 19.4. The molecule has 7 atom stereocenters. The van der Waals surface area contributed by atoms with E-state index in [1.165, 1.54) is 37.3 Å². The average Bonchev–Trinajstić information content (AvgIpc) is 4.16. The van der Waals surface area contributed by atoms with Gasteiger partial charge in [0.1, 0.15) is 47.7 Å². The topological polar surface area (TPSA) is 529 Å². The minimum atomic E-state index is -1.37. The number of nitrogens with one attached hydrogen (secondary N) is 11. The summed E-state index contributed by atoms with van der Waals surface area (Å²) < 4.78 is 0. The highest BCUT2D eigenvalue weighted by atomic mass is 16.2. The van der Waals surface area contributed by atoms with E-state index in [2.05, 4.69) is 62.8 Å². The van der Waals surface area contributed by atoms with Crippen molar-refractivity contribution in [2.45, 2.75) is 152 Å². The minimum absolute atomic E-state index is 0.0294. The maximum Gasteiger partial charge on any atom is 0.269 e. The molecule has 0 aromatic carbocycles. The van der Waals surface area contributed by atoms with E-state index in [0.29, 0.717) is 76.7 Å². The molecule has 25 N–H and O–H groups in total. The van der Waals surface area contributed by atoms with Gasteiger partial charge < -0.3 is 97.9 Å². The summed E-state index contributed by atoms with van der Waals surface area (Å²) in [5.74, 6) is -7.76. The van der Waals surface area contributed by atoms with E-state index in [4.69, 9.17) is 45.5 Å². The monoisotopic (exact) mass is 1140 g/mol. The van der Waals surface area contributed by atoms with Crippen LogP contribution in [0.3, 0.4) is 0 Å². The van der Waals surface area contributed by atoms with Crippen LogP contribution in [0.15, 0.2) is 29.3 Å². The molecule has 81 heavy (non-hydrogen) atoms. The molecule has 0 bridgehead atoms. The second-order valence-electron chi connectivity index (χ2n) is 19.4. The van der Waals surface area contributed by atoms with E-state index in [-0.39, 0.29) is 95.0 Å². The molecule has 10 amide bonds. The normalized spacial score (nSPS) is 15.6. The Bertz CT molecular complexity index is 2280. The highest BCUT2D eigenvalue weighted by Crippen LogP contribution is 2.20.